The number of β-amino-alcohol motifs (C(OH)–C–C–N with tert-alkyl or cyclic N) is 1. The number of hydrogen-bond donors (Lipinski definition) is 2. The van der Waals surface area contributed by atoms with Crippen LogP contribution in [-0.2, 0) is 17.5 Å². The van der Waals surface area contributed by atoms with E-state index in [1.807, 2.05) is 0 Å². The summed E-state index contributed by atoms with van der Waals surface area (Å²) in [7, 11) is -1.90. The average Bonchev–Trinajstić information content (AvgIpc) is 2.74. The Morgan fingerprint density at radius 2 is 2.04 bits per heavy atom. The van der Waals surface area contributed by atoms with Crippen molar-refractivity contribution in [2.24, 2.45) is 0 Å². The highest BCUT2D eigenvalue weighted by atomic mass is 32.1. The molecule has 1 atom stereocenters. The molecule has 0 fully saturated rings. The summed E-state index contributed by atoms with van der Waals surface area (Å²) in [5.74, 6) is 0. The number of aliphatic hydroxyl groups excluding tert-OH is 1. The first-order chi connectivity index (χ1) is 10.9. The molecule has 0 saturated carbocycles. The highest BCUT2D eigenvalue weighted by Gasteiger charge is 2.37. The van der Waals surface area contributed by atoms with Crippen LogP contribution in [0.5, 0.6) is 0 Å². The van der Waals surface area contributed by atoms with Gasteiger partial charge in [-0.25, -0.2) is 4.79 Å². The predicted octanol–water partition coefficient (Wildman–Crippen LogP) is 2.46. The van der Waals surface area contributed by atoms with Crippen LogP contribution in [0.25, 0.3) is 0 Å². The number of fused-ring (bicyclic) bond motifs is 1. The molecule has 1 unspecified atom stereocenters. The fourth-order valence-corrected chi connectivity index (χ4v) is 4.43. The fourth-order valence-electron chi connectivity index (χ4n) is 2.39. The molecule has 2 heterocycles. The molecule has 2 rings (SSSR count). The Morgan fingerprint density at radius 1 is 1.42 bits per heavy atom. The molecule has 1 aliphatic heterocycles. The number of carboxylic acid groups (broad SMARTS) is 1. The molecule has 1 aliphatic rings. The van der Waals surface area contributed by atoms with Gasteiger partial charge in [0.25, 0.3) is 0 Å². The third-order valence-corrected chi connectivity index (χ3v) is 10.6. The summed E-state index contributed by atoms with van der Waals surface area (Å²) >= 11 is 0.996. The molecule has 1 aromatic rings. The molecule has 24 heavy (non-hydrogen) atoms. The maximum Gasteiger partial charge on any atom is 0.407 e. The lowest BCUT2D eigenvalue weighted by atomic mass is 10.1. The summed E-state index contributed by atoms with van der Waals surface area (Å²) in [5.41, 5.74) is 0.588. The van der Waals surface area contributed by atoms with Gasteiger partial charge in [-0.15, -0.1) is 0 Å². The van der Waals surface area contributed by atoms with E-state index in [-0.39, 0.29) is 23.0 Å². The van der Waals surface area contributed by atoms with Crippen LogP contribution in [0, 0.1) is 0 Å². The summed E-state index contributed by atoms with van der Waals surface area (Å²) < 4.78 is 7.65. The molecular formula is C15H26N2O5SSi. The molecule has 1 amide bonds. The Balaban J connectivity index is 2.16. The van der Waals surface area contributed by atoms with Gasteiger partial charge in [-0.2, -0.15) is 0 Å². The zero-order chi connectivity index (χ0) is 18.3. The second-order valence-corrected chi connectivity index (χ2v) is 13.4. The van der Waals surface area contributed by atoms with E-state index >= 15 is 0 Å². The molecule has 0 radical (unpaired) electrons. The van der Waals surface area contributed by atoms with Crippen LogP contribution >= 0.6 is 11.3 Å². The zero-order valence-electron chi connectivity index (χ0n) is 14.8. The summed E-state index contributed by atoms with van der Waals surface area (Å²) in [6, 6.07) is 0. The van der Waals surface area contributed by atoms with E-state index in [0.29, 0.717) is 23.7 Å². The number of aliphatic hydroxyl groups is 1. The van der Waals surface area contributed by atoms with Crippen LogP contribution in [0.1, 0.15) is 37.4 Å². The van der Waals surface area contributed by atoms with Gasteiger partial charge in [-0.05, 0) is 18.1 Å². The van der Waals surface area contributed by atoms with Crippen molar-refractivity contribution in [2.45, 2.75) is 58.1 Å². The van der Waals surface area contributed by atoms with E-state index < -0.39 is 20.5 Å². The van der Waals surface area contributed by atoms with Crippen molar-refractivity contribution >= 4 is 25.7 Å². The molecular weight excluding hydrogens is 348 g/mol. The molecule has 136 valence electrons. The quantitative estimate of drug-likeness (QED) is 0.790. The van der Waals surface area contributed by atoms with E-state index in [4.69, 9.17) is 9.53 Å². The smallest absolute Gasteiger partial charge is 0.407 e. The van der Waals surface area contributed by atoms with Gasteiger partial charge in [0.2, 0.25) is 0 Å². The van der Waals surface area contributed by atoms with Gasteiger partial charge in [0.1, 0.15) is 6.10 Å². The minimum absolute atomic E-state index is 0.00273. The maximum absolute atomic E-state index is 12.2. The Morgan fingerprint density at radius 3 is 2.58 bits per heavy atom. The predicted molar refractivity (Wildman–Crippen MR) is 95.1 cm³/mol. The van der Waals surface area contributed by atoms with Crippen molar-refractivity contribution in [1.29, 1.82) is 0 Å². The summed E-state index contributed by atoms with van der Waals surface area (Å²) in [5, 5.41) is 19.4. The van der Waals surface area contributed by atoms with Gasteiger partial charge in [0, 0.05) is 6.54 Å². The van der Waals surface area contributed by atoms with E-state index in [1.165, 1.54) is 0 Å². The Kier molecular flexibility index (Phi) is 5.29. The van der Waals surface area contributed by atoms with Crippen molar-refractivity contribution in [3.8, 4) is 0 Å². The Labute approximate surface area is 146 Å². The molecule has 0 spiro atoms. The molecule has 2 N–H and O–H groups in total. The van der Waals surface area contributed by atoms with Crippen molar-refractivity contribution in [1.82, 2.24) is 9.47 Å². The van der Waals surface area contributed by atoms with E-state index in [9.17, 15) is 14.7 Å². The molecule has 7 nitrogen and oxygen atoms in total. The number of rotatable bonds is 4. The van der Waals surface area contributed by atoms with Gasteiger partial charge in [0.05, 0.1) is 30.3 Å². The minimum Gasteiger partial charge on any atom is -0.465 e. The number of thiazole rings is 1. The lowest BCUT2D eigenvalue weighted by Gasteiger charge is -2.36. The largest absolute Gasteiger partial charge is 0.465 e. The van der Waals surface area contributed by atoms with Crippen LogP contribution in [0.15, 0.2) is 4.79 Å². The first-order valence-corrected chi connectivity index (χ1v) is 11.7. The van der Waals surface area contributed by atoms with Crippen LogP contribution in [0.3, 0.4) is 0 Å². The summed E-state index contributed by atoms with van der Waals surface area (Å²) in [6.45, 7) is 11.7. The van der Waals surface area contributed by atoms with Crippen molar-refractivity contribution in [3.63, 3.8) is 0 Å². The highest BCUT2D eigenvalue weighted by Crippen LogP contribution is 2.36. The van der Waals surface area contributed by atoms with E-state index in [2.05, 4.69) is 33.9 Å². The average molecular weight is 375 g/mol. The van der Waals surface area contributed by atoms with Gasteiger partial charge in [-0.1, -0.05) is 32.1 Å². The highest BCUT2D eigenvalue weighted by molar-refractivity contribution is 7.09. The number of hydrogen-bond acceptors (Lipinski definition) is 5. The SMILES string of the molecule is CC(C)(C)[Si](C)(C)OCCn1c2c(sc1=O)C(O)CN(C(=O)O)C2. The minimum atomic E-state index is -1.90. The first-order valence-electron chi connectivity index (χ1n) is 7.96. The molecule has 1 aromatic heterocycles. The number of nitrogens with zero attached hydrogens (tertiary/aromatic N) is 2. The Bertz CT molecular complexity index is 676. The third kappa shape index (κ3) is 3.74. The van der Waals surface area contributed by atoms with Gasteiger partial charge < -0.3 is 14.6 Å². The monoisotopic (exact) mass is 374 g/mol. The molecule has 0 aromatic carbocycles. The van der Waals surface area contributed by atoms with Gasteiger partial charge in [-0.3, -0.25) is 14.3 Å². The van der Waals surface area contributed by atoms with Crippen LogP contribution in [-0.4, -0.2) is 47.2 Å². The van der Waals surface area contributed by atoms with Crippen molar-refractivity contribution in [2.75, 3.05) is 13.2 Å². The van der Waals surface area contributed by atoms with E-state index in [1.54, 1.807) is 4.57 Å². The number of carbonyl (C=O) groups is 1. The second-order valence-electron chi connectivity index (χ2n) is 7.62. The lowest BCUT2D eigenvalue weighted by Crippen LogP contribution is -2.42. The standard InChI is InChI=1S/C15H26N2O5SSi/c1-15(2,3)24(4,5)22-7-6-17-10-8-16(13(19)20)9-11(18)12(10)23-14(17)21/h11,18H,6-9H2,1-5H3,(H,19,20). The van der Waals surface area contributed by atoms with Crippen LogP contribution in [0.2, 0.25) is 18.1 Å². The molecule has 9 heteroatoms. The van der Waals surface area contributed by atoms with E-state index in [0.717, 1.165) is 16.2 Å². The van der Waals surface area contributed by atoms with Crippen molar-refractivity contribution < 1.29 is 19.4 Å². The zero-order valence-corrected chi connectivity index (χ0v) is 16.6. The van der Waals surface area contributed by atoms with Crippen molar-refractivity contribution in [3.05, 3.63) is 20.2 Å². The molecule has 0 saturated heterocycles. The second kappa shape index (κ2) is 6.62. The van der Waals surface area contributed by atoms with Gasteiger partial charge >= 0.3 is 11.0 Å². The maximum atomic E-state index is 12.2. The normalized spacial score (nSPS) is 18.6. The number of aromatic nitrogens is 1. The fraction of sp³-hybridized carbons (Fsp3) is 0.733. The Hall–Kier alpha value is -1.16. The van der Waals surface area contributed by atoms with Crippen LogP contribution < -0.4 is 4.87 Å². The van der Waals surface area contributed by atoms with Crippen LogP contribution in [0.4, 0.5) is 4.79 Å². The summed E-state index contributed by atoms with van der Waals surface area (Å²) in [4.78, 5) is 25.0. The third-order valence-electron chi connectivity index (χ3n) is 4.92. The topological polar surface area (TPSA) is 92.0 Å². The number of amides is 1. The van der Waals surface area contributed by atoms with Gasteiger partial charge in [0.15, 0.2) is 8.32 Å². The lowest BCUT2D eigenvalue weighted by molar-refractivity contribution is 0.0814. The first kappa shape index (κ1) is 19.2. The molecule has 0 bridgehead atoms. The molecule has 0 aliphatic carbocycles. The summed E-state index contributed by atoms with van der Waals surface area (Å²) in [6.07, 6.45) is -2.03.